The fourth-order valence-electron chi connectivity index (χ4n) is 3.38. The van der Waals surface area contributed by atoms with Gasteiger partial charge >= 0.3 is 0 Å². The van der Waals surface area contributed by atoms with E-state index in [4.69, 9.17) is 0 Å². The number of carbonyl (C=O) groups is 1. The highest BCUT2D eigenvalue weighted by Gasteiger charge is 2.25. The van der Waals surface area contributed by atoms with Crippen molar-refractivity contribution in [3.05, 3.63) is 47.9 Å². The zero-order chi connectivity index (χ0) is 20.1. The zero-order valence-corrected chi connectivity index (χ0v) is 18.0. The van der Waals surface area contributed by atoms with Gasteiger partial charge in [0, 0.05) is 58.7 Å². The van der Waals surface area contributed by atoms with Crippen LogP contribution in [0.4, 0.5) is 21.6 Å². The molecule has 1 aromatic heterocycles. The molecule has 1 aliphatic heterocycles. The lowest BCUT2D eigenvalue weighted by Gasteiger charge is -2.38. The molecule has 0 unspecified atom stereocenters. The number of halogens is 2. The number of amides is 1. The molecule has 3 rings (SSSR count). The Morgan fingerprint density at radius 2 is 1.72 bits per heavy atom. The fourth-order valence-corrected chi connectivity index (χ4v) is 3.38. The van der Waals surface area contributed by atoms with Crippen molar-refractivity contribution in [1.29, 1.82) is 0 Å². The molecule has 1 fully saturated rings. The van der Waals surface area contributed by atoms with Gasteiger partial charge < -0.3 is 20.0 Å². The third kappa shape index (κ3) is 5.29. The Morgan fingerprint density at radius 1 is 1.10 bits per heavy atom. The Morgan fingerprint density at radius 3 is 2.31 bits per heavy atom. The average Bonchev–Trinajstić information content (AvgIpc) is 2.72. The van der Waals surface area contributed by atoms with E-state index in [1.54, 1.807) is 25.2 Å². The van der Waals surface area contributed by atoms with Crippen molar-refractivity contribution in [1.82, 2.24) is 9.88 Å². The number of nitrogens with zero attached hydrogens (tertiary/aromatic N) is 4. The van der Waals surface area contributed by atoms with Gasteiger partial charge in [-0.1, -0.05) is 6.92 Å². The van der Waals surface area contributed by atoms with Gasteiger partial charge in [0.1, 0.15) is 17.2 Å². The molecule has 8 heteroatoms. The Kier molecular flexibility index (Phi) is 8.08. The largest absolute Gasteiger partial charge is 0.369 e. The van der Waals surface area contributed by atoms with Crippen LogP contribution in [0, 0.1) is 5.82 Å². The number of rotatable bonds is 6. The van der Waals surface area contributed by atoms with Crippen LogP contribution in [-0.2, 0) is 0 Å². The predicted molar refractivity (Wildman–Crippen MR) is 119 cm³/mol. The van der Waals surface area contributed by atoms with Gasteiger partial charge in [0.05, 0.1) is 5.69 Å². The molecule has 0 aliphatic carbocycles. The van der Waals surface area contributed by atoms with Crippen LogP contribution in [0.3, 0.4) is 0 Å². The SMILES string of the molecule is CCCNc1nccc(N2CCN(c3ccc(F)cc3)CC2)c1C(=O)N(C)C.Cl. The molecule has 1 amide bonds. The van der Waals surface area contributed by atoms with Gasteiger partial charge in [-0.2, -0.15) is 0 Å². The fraction of sp³-hybridized carbons (Fsp3) is 0.429. The number of nitrogens with one attached hydrogen (secondary N) is 1. The molecule has 1 N–H and O–H groups in total. The van der Waals surface area contributed by atoms with Crippen molar-refractivity contribution in [3.8, 4) is 0 Å². The summed E-state index contributed by atoms with van der Waals surface area (Å²) in [5.41, 5.74) is 2.55. The second-order valence-electron chi connectivity index (χ2n) is 7.13. The van der Waals surface area contributed by atoms with Crippen molar-refractivity contribution in [3.63, 3.8) is 0 Å². The summed E-state index contributed by atoms with van der Waals surface area (Å²) in [5, 5.41) is 3.29. The van der Waals surface area contributed by atoms with E-state index >= 15 is 0 Å². The van der Waals surface area contributed by atoms with Crippen molar-refractivity contribution in [2.45, 2.75) is 13.3 Å². The van der Waals surface area contributed by atoms with E-state index in [2.05, 4.69) is 27.0 Å². The molecule has 0 bridgehead atoms. The molecule has 6 nitrogen and oxygen atoms in total. The van der Waals surface area contributed by atoms with Crippen LogP contribution in [0.25, 0.3) is 0 Å². The van der Waals surface area contributed by atoms with Gasteiger partial charge in [-0.05, 0) is 36.8 Å². The number of hydrogen-bond acceptors (Lipinski definition) is 5. The molecule has 2 heterocycles. The number of benzene rings is 1. The smallest absolute Gasteiger partial charge is 0.259 e. The van der Waals surface area contributed by atoms with Gasteiger partial charge in [-0.15, -0.1) is 12.4 Å². The maximum atomic E-state index is 13.2. The first-order valence-electron chi connectivity index (χ1n) is 9.71. The minimum absolute atomic E-state index is 0. The van der Waals surface area contributed by atoms with Crippen LogP contribution < -0.4 is 15.1 Å². The number of carbonyl (C=O) groups excluding carboxylic acids is 1. The number of pyridine rings is 1. The lowest BCUT2D eigenvalue weighted by atomic mass is 10.1. The zero-order valence-electron chi connectivity index (χ0n) is 17.2. The van der Waals surface area contributed by atoms with E-state index in [0.717, 1.165) is 50.5 Å². The molecule has 0 saturated carbocycles. The second kappa shape index (κ2) is 10.3. The van der Waals surface area contributed by atoms with Crippen LogP contribution in [-0.4, -0.2) is 62.6 Å². The summed E-state index contributed by atoms with van der Waals surface area (Å²) in [6.45, 7) is 6.02. The van der Waals surface area contributed by atoms with E-state index in [9.17, 15) is 9.18 Å². The minimum atomic E-state index is -0.224. The van der Waals surface area contributed by atoms with Gasteiger partial charge in [-0.3, -0.25) is 4.79 Å². The predicted octanol–water partition coefficient (Wildman–Crippen LogP) is 3.49. The summed E-state index contributed by atoms with van der Waals surface area (Å²) >= 11 is 0. The van der Waals surface area contributed by atoms with Gasteiger partial charge in [-0.25, -0.2) is 9.37 Å². The van der Waals surface area contributed by atoms with E-state index in [1.807, 2.05) is 18.2 Å². The van der Waals surface area contributed by atoms with Gasteiger partial charge in [0.2, 0.25) is 0 Å². The molecule has 1 aliphatic rings. The molecule has 2 aromatic rings. The minimum Gasteiger partial charge on any atom is -0.369 e. The molecule has 1 saturated heterocycles. The number of hydrogen-bond donors (Lipinski definition) is 1. The maximum Gasteiger partial charge on any atom is 0.259 e. The summed E-state index contributed by atoms with van der Waals surface area (Å²) in [7, 11) is 3.52. The molecular formula is C21H29ClFN5O. The van der Waals surface area contributed by atoms with Crippen LogP contribution in [0.15, 0.2) is 36.5 Å². The van der Waals surface area contributed by atoms with E-state index < -0.39 is 0 Å². The van der Waals surface area contributed by atoms with Crippen LogP contribution in [0.2, 0.25) is 0 Å². The Bertz CT molecular complexity index is 807. The van der Waals surface area contributed by atoms with Crippen LogP contribution >= 0.6 is 12.4 Å². The summed E-state index contributed by atoms with van der Waals surface area (Å²) in [4.78, 5) is 23.4. The normalized spacial score (nSPS) is 13.7. The molecule has 158 valence electrons. The van der Waals surface area contributed by atoms with Crippen molar-refractivity contribution in [2.75, 3.05) is 61.9 Å². The van der Waals surface area contributed by atoms with E-state index in [0.29, 0.717) is 11.4 Å². The van der Waals surface area contributed by atoms with E-state index in [-0.39, 0.29) is 24.1 Å². The van der Waals surface area contributed by atoms with Gasteiger partial charge in [0.15, 0.2) is 0 Å². The van der Waals surface area contributed by atoms with Crippen molar-refractivity contribution >= 4 is 35.5 Å². The summed E-state index contributed by atoms with van der Waals surface area (Å²) in [6, 6.07) is 8.52. The standard InChI is InChI=1S/C21H28FN5O.ClH/c1-4-10-23-20-19(21(28)25(2)3)18(9-11-24-20)27-14-12-26(13-15-27)17-7-5-16(22)6-8-17;/h5-9,11H,4,10,12-15H2,1-3H3,(H,23,24);1H. The Hall–Kier alpha value is -2.54. The van der Waals surface area contributed by atoms with Gasteiger partial charge in [0.25, 0.3) is 5.91 Å². The first-order valence-corrected chi connectivity index (χ1v) is 9.71. The topological polar surface area (TPSA) is 51.7 Å². The molecule has 0 atom stereocenters. The molecule has 0 radical (unpaired) electrons. The van der Waals surface area contributed by atoms with Crippen molar-refractivity contribution in [2.24, 2.45) is 0 Å². The third-order valence-electron chi connectivity index (χ3n) is 4.90. The Balaban J connectivity index is 0.00000300. The van der Waals surface area contributed by atoms with Crippen LogP contribution in [0.5, 0.6) is 0 Å². The van der Waals surface area contributed by atoms with E-state index in [1.165, 1.54) is 12.1 Å². The monoisotopic (exact) mass is 421 g/mol. The molecule has 29 heavy (non-hydrogen) atoms. The third-order valence-corrected chi connectivity index (χ3v) is 4.90. The highest BCUT2D eigenvalue weighted by atomic mass is 35.5. The first-order chi connectivity index (χ1) is 13.5. The molecular weight excluding hydrogens is 393 g/mol. The number of piperazine rings is 1. The lowest BCUT2D eigenvalue weighted by molar-refractivity contribution is 0.0828. The number of aromatic nitrogens is 1. The quantitative estimate of drug-likeness (QED) is 0.773. The second-order valence-corrected chi connectivity index (χ2v) is 7.13. The van der Waals surface area contributed by atoms with Crippen LogP contribution in [0.1, 0.15) is 23.7 Å². The summed E-state index contributed by atoms with van der Waals surface area (Å²) in [6.07, 6.45) is 2.71. The molecule has 1 aromatic carbocycles. The lowest BCUT2D eigenvalue weighted by Crippen LogP contribution is -2.47. The average molecular weight is 422 g/mol. The highest BCUT2D eigenvalue weighted by molar-refractivity contribution is 6.04. The summed E-state index contributed by atoms with van der Waals surface area (Å²) in [5.74, 6) is 0.361. The molecule has 0 spiro atoms. The summed E-state index contributed by atoms with van der Waals surface area (Å²) < 4.78 is 13.2. The number of anilines is 3. The van der Waals surface area contributed by atoms with Crippen molar-refractivity contribution < 1.29 is 9.18 Å². The Labute approximate surface area is 178 Å². The maximum absolute atomic E-state index is 13.2. The highest BCUT2D eigenvalue weighted by Crippen LogP contribution is 2.29. The first kappa shape index (κ1) is 22.7.